The SMILES string of the molecule is COC1CN(C/C(N)=N/O)CC1n1ccnc1. The molecule has 2 atom stereocenters. The minimum atomic E-state index is 0.0932. The van der Waals surface area contributed by atoms with Crippen molar-refractivity contribution in [3.63, 3.8) is 0 Å². The fraction of sp³-hybridized carbons (Fsp3) is 0.600. The monoisotopic (exact) mass is 239 g/mol. The molecule has 1 aromatic rings. The largest absolute Gasteiger partial charge is 0.409 e. The van der Waals surface area contributed by atoms with Gasteiger partial charge in [-0.2, -0.15) is 0 Å². The standard InChI is InChI=1S/C10H17N5O2/c1-17-9-5-14(6-10(11)13-16)4-8(9)15-3-2-12-7-15/h2-3,7-9,16H,4-6H2,1H3,(H2,11,13). The third-order valence-corrected chi connectivity index (χ3v) is 3.04. The number of amidine groups is 1. The minimum absolute atomic E-state index is 0.0932. The quantitative estimate of drug-likeness (QED) is 0.320. The van der Waals surface area contributed by atoms with E-state index in [0.29, 0.717) is 6.54 Å². The van der Waals surface area contributed by atoms with Crippen molar-refractivity contribution in [3.8, 4) is 0 Å². The average Bonchev–Trinajstić information content (AvgIpc) is 2.96. The summed E-state index contributed by atoms with van der Waals surface area (Å²) < 4.78 is 7.49. The van der Waals surface area contributed by atoms with Gasteiger partial charge in [0.2, 0.25) is 0 Å². The number of likely N-dealkylation sites (tertiary alicyclic amines) is 1. The van der Waals surface area contributed by atoms with Crippen LogP contribution < -0.4 is 5.73 Å². The zero-order valence-corrected chi connectivity index (χ0v) is 9.73. The Labute approximate surface area is 99.5 Å². The third-order valence-electron chi connectivity index (χ3n) is 3.04. The van der Waals surface area contributed by atoms with Gasteiger partial charge in [0.1, 0.15) is 0 Å². The average molecular weight is 239 g/mol. The van der Waals surface area contributed by atoms with E-state index in [1.807, 2.05) is 10.8 Å². The molecule has 17 heavy (non-hydrogen) atoms. The van der Waals surface area contributed by atoms with E-state index in [0.717, 1.165) is 13.1 Å². The lowest BCUT2D eigenvalue weighted by Crippen LogP contribution is -2.33. The molecular weight excluding hydrogens is 222 g/mol. The molecule has 7 heteroatoms. The molecule has 0 amide bonds. The summed E-state index contributed by atoms with van der Waals surface area (Å²) in [6.45, 7) is 2.00. The second kappa shape index (κ2) is 5.15. The summed E-state index contributed by atoms with van der Waals surface area (Å²) >= 11 is 0. The van der Waals surface area contributed by atoms with Crippen molar-refractivity contribution in [2.24, 2.45) is 10.9 Å². The summed E-state index contributed by atoms with van der Waals surface area (Å²) in [7, 11) is 1.70. The van der Waals surface area contributed by atoms with E-state index in [1.165, 1.54) is 0 Å². The summed E-state index contributed by atoms with van der Waals surface area (Å²) in [6, 6.07) is 0.217. The first kappa shape index (κ1) is 11.9. The van der Waals surface area contributed by atoms with Crippen LogP contribution in [0.1, 0.15) is 6.04 Å². The Morgan fingerprint density at radius 3 is 3.06 bits per heavy atom. The van der Waals surface area contributed by atoms with Crippen molar-refractivity contribution < 1.29 is 9.94 Å². The van der Waals surface area contributed by atoms with Gasteiger partial charge in [0.25, 0.3) is 0 Å². The van der Waals surface area contributed by atoms with E-state index in [2.05, 4.69) is 15.0 Å². The summed E-state index contributed by atoms with van der Waals surface area (Å²) in [4.78, 5) is 6.13. The molecule has 1 aliphatic heterocycles. The zero-order valence-electron chi connectivity index (χ0n) is 9.73. The van der Waals surface area contributed by atoms with Crippen LogP contribution in [0.5, 0.6) is 0 Å². The molecule has 2 rings (SSSR count). The smallest absolute Gasteiger partial charge is 0.153 e. The van der Waals surface area contributed by atoms with Gasteiger partial charge in [-0.25, -0.2) is 4.98 Å². The van der Waals surface area contributed by atoms with Crippen LogP contribution in [0.2, 0.25) is 0 Å². The number of hydrogen-bond acceptors (Lipinski definition) is 5. The molecule has 1 fully saturated rings. The van der Waals surface area contributed by atoms with Gasteiger partial charge in [-0.3, -0.25) is 4.90 Å². The number of imidazole rings is 1. The normalized spacial score (nSPS) is 26.5. The van der Waals surface area contributed by atoms with Gasteiger partial charge in [-0.15, -0.1) is 0 Å². The minimum Gasteiger partial charge on any atom is -0.409 e. The maximum absolute atomic E-state index is 8.56. The Kier molecular flexibility index (Phi) is 3.60. The van der Waals surface area contributed by atoms with Crippen LogP contribution in [0.15, 0.2) is 23.9 Å². The van der Waals surface area contributed by atoms with Gasteiger partial charge in [-0.05, 0) is 0 Å². The molecule has 0 aliphatic carbocycles. The highest BCUT2D eigenvalue weighted by atomic mass is 16.5. The zero-order chi connectivity index (χ0) is 12.3. The highest BCUT2D eigenvalue weighted by Crippen LogP contribution is 2.23. The van der Waals surface area contributed by atoms with Crippen LogP contribution >= 0.6 is 0 Å². The molecule has 0 radical (unpaired) electrons. The lowest BCUT2D eigenvalue weighted by Gasteiger charge is -2.17. The van der Waals surface area contributed by atoms with Gasteiger partial charge in [0.05, 0.1) is 25.0 Å². The van der Waals surface area contributed by atoms with Gasteiger partial charge in [0.15, 0.2) is 5.84 Å². The molecule has 1 saturated heterocycles. The van der Waals surface area contributed by atoms with E-state index >= 15 is 0 Å². The van der Waals surface area contributed by atoms with Gasteiger partial charge in [0, 0.05) is 32.6 Å². The molecule has 3 N–H and O–H groups in total. The molecular formula is C10H17N5O2. The van der Waals surface area contributed by atoms with E-state index in [9.17, 15) is 0 Å². The summed E-state index contributed by atoms with van der Waals surface area (Å²) in [5.74, 6) is 0.214. The molecule has 1 aromatic heterocycles. The molecule has 1 aliphatic rings. The molecule has 2 heterocycles. The van der Waals surface area contributed by atoms with Gasteiger partial charge in [-0.1, -0.05) is 5.16 Å². The molecule has 7 nitrogen and oxygen atoms in total. The molecule has 0 bridgehead atoms. The summed E-state index contributed by atoms with van der Waals surface area (Å²) in [5, 5.41) is 11.5. The third kappa shape index (κ3) is 2.56. The van der Waals surface area contributed by atoms with E-state index in [4.69, 9.17) is 15.7 Å². The first-order chi connectivity index (χ1) is 8.24. The maximum Gasteiger partial charge on any atom is 0.153 e. The van der Waals surface area contributed by atoms with Crippen molar-refractivity contribution in [1.29, 1.82) is 0 Å². The van der Waals surface area contributed by atoms with Gasteiger partial charge < -0.3 is 20.2 Å². The summed E-state index contributed by atoms with van der Waals surface area (Å²) in [5.41, 5.74) is 5.50. The first-order valence-corrected chi connectivity index (χ1v) is 5.43. The first-order valence-electron chi connectivity index (χ1n) is 5.43. The Hall–Kier alpha value is -1.60. The molecule has 0 saturated carbocycles. The fourth-order valence-corrected chi connectivity index (χ4v) is 2.21. The van der Waals surface area contributed by atoms with Crippen LogP contribution in [-0.2, 0) is 4.74 Å². The van der Waals surface area contributed by atoms with Crippen molar-refractivity contribution in [1.82, 2.24) is 14.5 Å². The van der Waals surface area contributed by atoms with Gasteiger partial charge >= 0.3 is 0 Å². The fourth-order valence-electron chi connectivity index (χ4n) is 2.21. The number of oxime groups is 1. The number of nitrogens with two attached hydrogens (primary N) is 1. The predicted molar refractivity (Wildman–Crippen MR) is 61.9 cm³/mol. The lowest BCUT2D eigenvalue weighted by molar-refractivity contribution is 0.0823. The van der Waals surface area contributed by atoms with Crippen LogP contribution in [0.3, 0.4) is 0 Å². The Morgan fingerprint density at radius 1 is 1.65 bits per heavy atom. The second-order valence-electron chi connectivity index (χ2n) is 4.14. The number of nitrogens with zero attached hydrogens (tertiary/aromatic N) is 4. The van der Waals surface area contributed by atoms with E-state index in [1.54, 1.807) is 19.6 Å². The highest BCUT2D eigenvalue weighted by molar-refractivity contribution is 5.81. The lowest BCUT2D eigenvalue weighted by atomic mass is 10.2. The molecule has 0 aromatic carbocycles. The number of aromatic nitrogens is 2. The molecule has 2 unspecified atom stereocenters. The number of methoxy groups -OCH3 is 1. The number of rotatable bonds is 4. The molecule has 94 valence electrons. The maximum atomic E-state index is 8.56. The second-order valence-corrected chi connectivity index (χ2v) is 4.14. The number of hydrogen-bond donors (Lipinski definition) is 2. The van der Waals surface area contributed by atoms with Crippen LogP contribution in [0, 0.1) is 0 Å². The topological polar surface area (TPSA) is 88.9 Å². The van der Waals surface area contributed by atoms with E-state index < -0.39 is 0 Å². The Morgan fingerprint density at radius 2 is 2.47 bits per heavy atom. The van der Waals surface area contributed by atoms with Crippen molar-refractivity contribution >= 4 is 5.84 Å². The van der Waals surface area contributed by atoms with Crippen molar-refractivity contribution in [2.45, 2.75) is 12.1 Å². The Balaban J connectivity index is 2.04. The predicted octanol–water partition coefficient (Wildman–Crippen LogP) is -0.499. The Bertz CT molecular complexity index is 378. The van der Waals surface area contributed by atoms with Crippen molar-refractivity contribution in [2.75, 3.05) is 26.7 Å². The van der Waals surface area contributed by atoms with Crippen LogP contribution in [0.25, 0.3) is 0 Å². The molecule has 0 spiro atoms. The van der Waals surface area contributed by atoms with Crippen molar-refractivity contribution in [3.05, 3.63) is 18.7 Å². The van der Waals surface area contributed by atoms with E-state index in [-0.39, 0.29) is 18.0 Å². The van der Waals surface area contributed by atoms with Crippen LogP contribution in [-0.4, -0.2) is 58.3 Å². The number of ether oxygens (including phenoxy) is 1. The van der Waals surface area contributed by atoms with Crippen LogP contribution in [0.4, 0.5) is 0 Å². The highest BCUT2D eigenvalue weighted by Gasteiger charge is 2.34. The summed E-state index contributed by atoms with van der Waals surface area (Å²) in [6.07, 6.45) is 5.54.